The fraction of sp³-hybridized carbons (Fsp3) is 0.273. The van der Waals surface area contributed by atoms with Crippen LogP contribution in [0.4, 0.5) is 5.69 Å². The smallest absolute Gasteiger partial charge is 0.348 e. The molecule has 0 radical (unpaired) electrons. The molecule has 0 aromatic heterocycles. The third-order valence-corrected chi connectivity index (χ3v) is 5.46. The van der Waals surface area contributed by atoms with Crippen LogP contribution in [0.1, 0.15) is 26.3 Å². The fourth-order valence-electron chi connectivity index (χ4n) is 3.74. The summed E-state index contributed by atoms with van der Waals surface area (Å²) in [4.78, 5) is 14.0. The van der Waals surface area contributed by atoms with Crippen LogP contribution in [-0.2, 0) is 14.9 Å². The number of fused-ring (bicyclic) bond motifs is 3. The van der Waals surface area contributed by atoms with Crippen LogP contribution in [-0.4, -0.2) is 19.6 Å². The summed E-state index contributed by atoms with van der Waals surface area (Å²) in [6, 6.07) is 12.5. The van der Waals surface area contributed by atoms with Crippen molar-refractivity contribution in [3.05, 3.63) is 63.8 Å². The highest BCUT2D eigenvalue weighted by Crippen LogP contribution is 2.50. The Morgan fingerprint density at radius 2 is 2.07 bits per heavy atom. The number of nitrogens with zero attached hydrogens (tertiary/aromatic N) is 2. The summed E-state index contributed by atoms with van der Waals surface area (Å²) < 4.78 is 5.99. The SMILES string of the molecule is CCOC(=O)C(C#N)=CC=C1N(C)c2ccc3cc(Br)ccc3c2C1(C)C. The summed E-state index contributed by atoms with van der Waals surface area (Å²) >= 11 is 3.54. The predicted octanol–water partition coefficient (Wildman–Crippen LogP) is 5.23. The Labute approximate surface area is 167 Å². The molecule has 2 aromatic carbocycles. The third kappa shape index (κ3) is 3.26. The normalized spacial score (nSPS) is 17.1. The van der Waals surface area contributed by atoms with Gasteiger partial charge in [0.05, 0.1) is 6.61 Å². The summed E-state index contributed by atoms with van der Waals surface area (Å²) in [5.41, 5.74) is 3.11. The number of halogens is 1. The number of anilines is 1. The Morgan fingerprint density at radius 1 is 1.33 bits per heavy atom. The van der Waals surface area contributed by atoms with Gasteiger partial charge in [0, 0.05) is 28.3 Å². The summed E-state index contributed by atoms with van der Waals surface area (Å²) in [6.45, 7) is 6.28. The minimum atomic E-state index is -0.594. The van der Waals surface area contributed by atoms with E-state index < -0.39 is 5.97 Å². The number of carbonyl (C=O) groups is 1. The molecule has 2 aromatic rings. The number of carbonyl (C=O) groups excluding carboxylic acids is 1. The molecule has 0 unspecified atom stereocenters. The number of rotatable bonds is 3. The zero-order valence-corrected chi connectivity index (χ0v) is 17.4. The number of benzene rings is 2. The van der Waals surface area contributed by atoms with Gasteiger partial charge in [0.1, 0.15) is 11.6 Å². The van der Waals surface area contributed by atoms with Crippen LogP contribution in [0.15, 0.2) is 58.2 Å². The summed E-state index contributed by atoms with van der Waals surface area (Å²) in [5.74, 6) is -0.594. The van der Waals surface area contributed by atoms with E-state index in [0.29, 0.717) is 0 Å². The number of ether oxygens (including phenoxy) is 1. The summed E-state index contributed by atoms with van der Waals surface area (Å²) in [6.07, 6.45) is 3.40. The maximum Gasteiger partial charge on any atom is 0.348 e. The van der Waals surface area contributed by atoms with E-state index >= 15 is 0 Å². The Bertz CT molecular complexity index is 1030. The molecule has 0 atom stereocenters. The first-order valence-corrected chi connectivity index (χ1v) is 9.56. The van der Waals surface area contributed by atoms with E-state index in [1.807, 2.05) is 19.2 Å². The number of nitriles is 1. The van der Waals surface area contributed by atoms with E-state index in [0.717, 1.165) is 15.9 Å². The lowest BCUT2D eigenvalue weighted by atomic mass is 9.81. The predicted molar refractivity (Wildman–Crippen MR) is 111 cm³/mol. The lowest BCUT2D eigenvalue weighted by molar-refractivity contribution is -0.138. The Balaban J connectivity index is 2.13. The molecule has 1 aliphatic heterocycles. The van der Waals surface area contributed by atoms with Gasteiger partial charge in [0.2, 0.25) is 0 Å². The van der Waals surface area contributed by atoms with Crippen molar-refractivity contribution in [2.75, 3.05) is 18.6 Å². The minimum absolute atomic E-state index is 0.00158. The first-order valence-electron chi connectivity index (χ1n) is 8.77. The highest BCUT2D eigenvalue weighted by Gasteiger charge is 2.39. The molecule has 5 heteroatoms. The average Bonchev–Trinajstić information content (AvgIpc) is 2.82. The Hall–Kier alpha value is -2.58. The van der Waals surface area contributed by atoms with Gasteiger partial charge in [-0.3, -0.25) is 0 Å². The first-order chi connectivity index (χ1) is 12.8. The molecule has 0 fully saturated rings. The zero-order chi connectivity index (χ0) is 19.8. The molecule has 0 amide bonds. The van der Waals surface area contributed by atoms with Crippen LogP contribution < -0.4 is 4.90 Å². The molecular formula is C22H21BrN2O2. The van der Waals surface area contributed by atoms with Gasteiger partial charge in [-0.2, -0.15) is 5.26 Å². The maximum absolute atomic E-state index is 11.9. The Morgan fingerprint density at radius 3 is 2.74 bits per heavy atom. The van der Waals surface area contributed by atoms with Gasteiger partial charge in [0.25, 0.3) is 0 Å². The molecule has 0 saturated carbocycles. The van der Waals surface area contributed by atoms with Crippen molar-refractivity contribution in [1.29, 1.82) is 5.26 Å². The standard InChI is InChI=1S/C22H21BrN2O2/c1-5-27-21(26)15(13-24)7-11-19-22(2,3)20-17-9-8-16(23)12-14(17)6-10-18(20)25(19)4/h6-12H,5H2,1-4H3. The highest BCUT2D eigenvalue weighted by molar-refractivity contribution is 9.10. The van der Waals surface area contributed by atoms with E-state index in [4.69, 9.17) is 4.74 Å². The molecule has 1 aliphatic rings. The lowest BCUT2D eigenvalue weighted by Gasteiger charge is -2.24. The molecule has 3 rings (SSSR count). The van der Waals surface area contributed by atoms with E-state index in [9.17, 15) is 10.1 Å². The minimum Gasteiger partial charge on any atom is -0.462 e. The second kappa shape index (κ2) is 7.21. The van der Waals surface area contributed by atoms with Gasteiger partial charge in [0.15, 0.2) is 0 Å². The van der Waals surface area contributed by atoms with E-state index in [2.05, 4.69) is 65.0 Å². The molecule has 138 valence electrons. The number of hydrogen-bond acceptors (Lipinski definition) is 4. The fourth-order valence-corrected chi connectivity index (χ4v) is 4.12. The number of hydrogen-bond donors (Lipinski definition) is 0. The van der Waals surface area contributed by atoms with Crippen molar-refractivity contribution >= 4 is 38.4 Å². The van der Waals surface area contributed by atoms with Crippen LogP contribution in [0.3, 0.4) is 0 Å². The summed E-state index contributed by atoms with van der Waals surface area (Å²) in [7, 11) is 2.01. The molecule has 4 nitrogen and oxygen atoms in total. The topological polar surface area (TPSA) is 53.3 Å². The van der Waals surface area contributed by atoms with E-state index in [1.165, 1.54) is 16.3 Å². The van der Waals surface area contributed by atoms with Crippen molar-refractivity contribution < 1.29 is 9.53 Å². The first kappa shape index (κ1) is 19.2. The van der Waals surface area contributed by atoms with Crippen molar-refractivity contribution in [1.82, 2.24) is 0 Å². The maximum atomic E-state index is 11.9. The average molecular weight is 425 g/mol. The van der Waals surface area contributed by atoms with Gasteiger partial charge in [-0.1, -0.05) is 41.9 Å². The van der Waals surface area contributed by atoms with E-state index in [-0.39, 0.29) is 17.6 Å². The molecule has 0 bridgehead atoms. The lowest BCUT2D eigenvalue weighted by Crippen LogP contribution is -2.22. The molecule has 0 saturated heterocycles. The van der Waals surface area contributed by atoms with Crippen molar-refractivity contribution in [2.24, 2.45) is 0 Å². The largest absolute Gasteiger partial charge is 0.462 e. The van der Waals surface area contributed by atoms with Gasteiger partial charge in [-0.05, 0) is 53.6 Å². The van der Waals surface area contributed by atoms with Gasteiger partial charge < -0.3 is 9.64 Å². The number of likely N-dealkylation sites (N-methyl/N-ethyl adjacent to an activating group) is 1. The van der Waals surface area contributed by atoms with Crippen LogP contribution >= 0.6 is 15.9 Å². The second-order valence-corrected chi connectivity index (χ2v) is 7.89. The summed E-state index contributed by atoms with van der Waals surface area (Å²) in [5, 5.41) is 11.6. The van der Waals surface area contributed by atoms with Crippen molar-refractivity contribution in [3.8, 4) is 6.07 Å². The molecule has 0 aliphatic carbocycles. The van der Waals surface area contributed by atoms with Crippen LogP contribution in [0.5, 0.6) is 0 Å². The third-order valence-electron chi connectivity index (χ3n) is 4.97. The molecule has 0 spiro atoms. The molecular weight excluding hydrogens is 404 g/mol. The van der Waals surface area contributed by atoms with Crippen molar-refractivity contribution in [2.45, 2.75) is 26.2 Å². The molecule has 1 heterocycles. The molecule has 0 N–H and O–H groups in total. The van der Waals surface area contributed by atoms with Gasteiger partial charge in [-0.15, -0.1) is 0 Å². The second-order valence-electron chi connectivity index (χ2n) is 6.97. The monoisotopic (exact) mass is 424 g/mol. The van der Waals surface area contributed by atoms with Gasteiger partial charge >= 0.3 is 5.97 Å². The quantitative estimate of drug-likeness (QED) is 0.384. The number of allylic oxidation sites excluding steroid dienone is 3. The van der Waals surface area contributed by atoms with Gasteiger partial charge in [-0.25, -0.2) is 4.79 Å². The number of esters is 1. The van der Waals surface area contributed by atoms with Crippen molar-refractivity contribution in [3.63, 3.8) is 0 Å². The highest BCUT2D eigenvalue weighted by atomic mass is 79.9. The van der Waals surface area contributed by atoms with Crippen LogP contribution in [0, 0.1) is 11.3 Å². The zero-order valence-electron chi connectivity index (χ0n) is 15.8. The van der Waals surface area contributed by atoms with E-state index in [1.54, 1.807) is 13.0 Å². The Kier molecular flexibility index (Phi) is 5.12. The molecule has 27 heavy (non-hydrogen) atoms. The van der Waals surface area contributed by atoms with Crippen LogP contribution in [0.2, 0.25) is 0 Å². The van der Waals surface area contributed by atoms with Crippen LogP contribution in [0.25, 0.3) is 10.8 Å².